The number of ether oxygens (including phenoxy) is 2. The number of rotatable bonds is 9. The van der Waals surface area contributed by atoms with Gasteiger partial charge in [0.2, 0.25) is 0 Å². The van der Waals surface area contributed by atoms with E-state index in [9.17, 15) is 0 Å². The first-order valence-electron chi connectivity index (χ1n) is 8.83. The number of benzene rings is 1. The molecule has 1 aromatic carbocycles. The van der Waals surface area contributed by atoms with E-state index in [1.807, 2.05) is 25.2 Å². The van der Waals surface area contributed by atoms with Gasteiger partial charge in [-0.3, -0.25) is 4.99 Å². The summed E-state index contributed by atoms with van der Waals surface area (Å²) in [6, 6.07) is 6.42. The van der Waals surface area contributed by atoms with Gasteiger partial charge < -0.3 is 24.6 Å². The van der Waals surface area contributed by atoms with Crippen LogP contribution in [0.25, 0.3) is 0 Å². The molecule has 0 atom stereocenters. The van der Waals surface area contributed by atoms with Crippen molar-refractivity contribution in [2.45, 2.75) is 33.4 Å². The van der Waals surface area contributed by atoms with Crippen LogP contribution in [-0.2, 0) is 6.54 Å². The third-order valence-electron chi connectivity index (χ3n) is 4.19. The van der Waals surface area contributed by atoms with Crippen molar-refractivity contribution in [1.29, 1.82) is 0 Å². The summed E-state index contributed by atoms with van der Waals surface area (Å²) >= 11 is 0. The fourth-order valence-corrected chi connectivity index (χ4v) is 2.35. The van der Waals surface area contributed by atoms with Gasteiger partial charge in [0, 0.05) is 44.4 Å². The molecule has 0 saturated carbocycles. The fraction of sp³-hybridized carbons (Fsp3) is 0.632. The number of guanidine groups is 1. The molecule has 142 valence electrons. The van der Waals surface area contributed by atoms with E-state index in [2.05, 4.69) is 42.9 Å². The van der Waals surface area contributed by atoms with Crippen molar-refractivity contribution in [2.24, 2.45) is 4.99 Å². The highest BCUT2D eigenvalue weighted by Crippen LogP contribution is 2.25. The first kappa shape index (κ1) is 21.1. The molecule has 0 amide bonds. The molecule has 0 bridgehead atoms. The van der Waals surface area contributed by atoms with Crippen molar-refractivity contribution >= 4 is 5.96 Å². The third-order valence-corrected chi connectivity index (χ3v) is 4.19. The van der Waals surface area contributed by atoms with E-state index in [0.717, 1.165) is 42.7 Å². The maximum absolute atomic E-state index is 5.49. The van der Waals surface area contributed by atoms with Gasteiger partial charge in [-0.15, -0.1) is 0 Å². The summed E-state index contributed by atoms with van der Waals surface area (Å²) in [5.41, 5.74) is 1.09. The lowest BCUT2D eigenvalue weighted by Gasteiger charge is -2.24. The Morgan fingerprint density at radius 3 is 2.48 bits per heavy atom. The van der Waals surface area contributed by atoms with Gasteiger partial charge in [-0.25, -0.2) is 0 Å². The van der Waals surface area contributed by atoms with Gasteiger partial charge in [0.15, 0.2) is 5.96 Å². The molecule has 0 heterocycles. The molecule has 0 fully saturated rings. The number of aliphatic imine (C=N–C) groups is 1. The average molecular weight is 351 g/mol. The minimum Gasteiger partial charge on any atom is -0.497 e. The van der Waals surface area contributed by atoms with Crippen LogP contribution in [0.3, 0.4) is 0 Å². The van der Waals surface area contributed by atoms with E-state index in [1.54, 1.807) is 14.2 Å². The second-order valence-electron chi connectivity index (χ2n) is 6.34. The molecule has 0 aliphatic rings. The summed E-state index contributed by atoms with van der Waals surface area (Å²) in [5.74, 6) is 2.51. The SMILES string of the molecule is CCNC(=NCCN(C)C(C)C)N(C)Cc1ccc(OC)cc1OC. The summed E-state index contributed by atoms with van der Waals surface area (Å²) < 4.78 is 10.8. The predicted molar refractivity (Wildman–Crippen MR) is 105 cm³/mol. The Labute approximate surface area is 152 Å². The van der Waals surface area contributed by atoms with E-state index in [0.29, 0.717) is 12.6 Å². The number of hydrogen-bond acceptors (Lipinski definition) is 4. The summed E-state index contributed by atoms with van der Waals surface area (Å²) in [7, 11) is 7.50. The summed E-state index contributed by atoms with van der Waals surface area (Å²) in [6.45, 7) is 9.71. The van der Waals surface area contributed by atoms with Crippen molar-refractivity contribution in [2.75, 3.05) is 47.9 Å². The number of nitrogens with one attached hydrogen (secondary N) is 1. The van der Waals surface area contributed by atoms with Gasteiger partial charge in [0.05, 0.1) is 20.8 Å². The van der Waals surface area contributed by atoms with Crippen molar-refractivity contribution < 1.29 is 9.47 Å². The van der Waals surface area contributed by atoms with Gasteiger partial charge in [-0.2, -0.15) is 0 Å². The zero-order valence-electron chi connectivity index (χ0n) is 16.8. The van der Waals surface area contributed by atoms with Gasteiger partial charge in [-0.05, 0) is 40.0 Å². The van der Waals surface area contributed by atoms with Crippen LogP contribution in [0, 0.1) is 0 Å². The third kappa shape index (κ3) is 6.82. The van der Waals surface area contributed by atoms with Crippen LogP contribution in [0.4, 0.5) is 0 Å². The van der Waals surface area contributed by atoms with Crippen LogP contribution in [0.2, 0.25) is 0 Å². The van der Waals surface area contributed by atoms with Crippen LogP contribution >= 0.6 is 0 Å². The van der Waals surface area contributed by atoms with E-state index >= 15 is 0 Å². The summed E-state index contributed by atoms with van der Waals surface area (Å²) in [5, 5.41) is 3.36. The first-order chi connectivity index (χ1) is 11.9. The molecule has 6 nitrogen and oxygen atoms in total. The molecular weight excluding hydrogens is 316 g/mol. The molecular formula is C19H34N4O2. The Bertz CT molecular complexity index is 546. The van der Waals surface area contributed by atoms with Gasteiger partial charge in [0.25, 0.3) is 0 Å². The summed E-state index contributed by atoms with van der Waals surface area (Å²) in [6.07, 6.45) is 0. The zero-order chi connectivity index (χ0) is 18.8. The second-order valence-corrected chi connectivity index (χ2v) is 6.34. The molecule has 0 unspecified atom stereocenters. The van der Waals surface area contributed by atoms with Crippen molar-refractivity contribution in [3.05, 3.63) is 23.8 Å². The largest absolute Gasteiger partial charge is 0.497 e. The highest BCUT2D eigenvalue weighted by atomic mass is 16.5. The van der Waals surface area contributed by atoms with Crippen LogP contribution in [0.1, 0.15) is 26.3 Å². The van der Waals surface area contributed by atoms with Crippen LogP contribution < -0.4 is 14.8 Å². The average Bonchev–Trinajstić information content (AvgIpc) is 2.60. The molecule has 1 rings (SSSR count). The Morgan fingerprint density at radius 1 is 1.20 bits per heavy atom. The normalized spacial score (nSPS) is 11.8. The smallest absolute Gasteiger partial charge is 0.194 e. The maximum atomic E-state index is 5.49. The zero-order valence-corrected chi connectivity index (χ0v) is 16.8. The molecule has 25 heavy (non-hydrogen) atoms. The predicted octanol–water partition coefficient (Wildman–Crippen LogP) is 2.44. The monoisotopic (exact) mass is 350 g/mol. The maximum Gasteiger partial charge on any atom is 0.194 e. The lowest BCUT2D eigenvalue weighted by molar-refractivity contribution is 0.281. The van der Waals surface area contributed by atoms with E-state index in [1.165, 1.54) is 0 Å². The lowest BCUT2D eigenvalue weighted by Crippen LogP contribution is -2.39. The highest BCUT2D eigenvalue weighted by molar-refractivity contribution is 5.79. The van der Waals surface area contributed by atoms with Crippen LogP contribution in [0.5, 0.6) is 11.5 Å². The number of likely N-dealkylation sites (N-methyl/N-ethyl adjacent to an activating group) is 1. The van der Waals surface area contributed by atoms with E-state index in [4.69, 9.17) is 14.5 Å². The molecule has 0 aliphatic heterocycles. The lowest BCUT2D eigenvalue weighted by atomic mass is 10.2. The fourth-order valence-electron chi connectivity index (χ4n) is 2.35. The number of hydrogen-bond donors (Lipinski definition) is 1. The number of methoxy groups -OCH3 is 2. The van der Waals surface area contributed by atoms with Gasteiger partial charge >= 0.3 is 0 Å². The Morgan fingerprint density at radius 2 is 1.92 bits per heavy atom. The van der Waals surface area contributed by atoms with Gasteiger partial charge in [0.1, 0.15) is 11.5 Å². The minimum absolute atomic E-state index is 0.527. The van der Waals surface area contributed by atoms with Gasteiger partial charge in [-0.1, -0.05) is 0 Å². The molecule has 1 aromatic rings. The number of nitrogens with zero attached hydrogens (tertiary/aromatic N) is 3. The Kier molecular flexibility index (Phi) is 9.13. The highest BCUT2D eigenvalue weighted by Gasteiger charge is 2.11. The van der Waals surface area contributed by atoms with Crippen molar-refractivity contribution in [3.63, 3.8) is 0 Å². The molecule has 0 saturated heterocycles. The first-order valence-corrected chi connectivity index (χ1v) is 8.83. The summed E-state index contributed by atoms with van der Waals surface area (Å²) in [4.78, 5) is 9.15. The van der Waals surface area contributed by atoms with E-state index < -0.39 is 0 Å². The molecule has 0 spiro atoms. The standard InChI is InChI=1S/C19H34N4O2/c1-8-20-19(21-11-12-22(4)15(2)3)23(5)14-16-9-10-17(24-6)13-18(16)25-7/h9-10,13,15H,8,11-12,14H2,1-7H3,(H,20,21). The quantitative estimate of drug-likeness (QED) is 0.548. The topological polar surface area (TPSA) is 49.3 Å². The molecule has 0 aromatic heterocycles. The van der Waals surface area contributed by atoms with Crippen molar-refractivity contribution in [3.8, 4) is 11.5 Å². The van der Waals surface area contributed by atoms with Crippen molar-refractivity contribution in [1.82, 2.24) is 15.1 Å². The molecule has 0 radical (unpaired) electrons. The van der Waals surface area contributed by atoms with Crippen LogP contribution in [-0.4, -0.2) is 69.8 Å². The molecule has 0 aliphatic carbocycles. The molecule has 1 N–H and O–H groups in total. The second kappa shape index (κ2) is 10.8. The molecule has 6 heteroatoms. The Balaban J connectivity index is 2.80. The Hall–Kier alpha value is -1.95. The van der Waals surface area contributed by atoms with E-state index in [-0.39, 0.29) is 0 Å². The van der Waals surface area contributed by atoms with Crippen LogP contribution in [0.15, 0.2) is 23.2 Å². The minimum atomic E-state index is 0.527.